The van der Waals surface area contributed by atoms with E-state index < -0.39 is 35.7 Å². The Hall–Kier alpha value is -3.57. The molecule has 0 aliphatic carbocycles. The molecule has 45 heavy (non-hydrogen) atoms. The lowest BCUT2D eigenvalue weighted by Crippen LogP contribution is -2.48. The number of nitriles is 1. The van der Waals surface area contributed by atoms with Crippen LogP contribution in [0.5, 0.6) is 11.8 Å². The molecule has 0 bridgehead atoms. The van der Waals surface area contributed by atoms with Crippen molar-refractivity contribution in [3.63, 3.8) is 0 Å². The van der Waals surface area contributed by atoms with Gasteiger partial charge in [0.2, 0.25) is 6.29 Å². The molecule has 0 spiro atoms. The van der Waals surface area contributed by atoms with Gasteiger partial charge in [-0.25, -0.2) is 13.2 Å². The summed E-state index contributed by atoms with van der Waals surface area (Å²) in [4.78, 5) is 13.2. The zero-order valence-corrected chi connectivity index (χ0v) is 25.5. The summed E-state index contributed by atoms with van der Waals surface area (Å²) in [6.07, 6.45) is 2.01. The molecule has 3 saturated heterocycles. The second-order valence-electron chi connectivity index (χ2n) is 12.3. The topological polar surface area (TPSA) is 121 Å². The van der Waals surface area contributed by atoms with Gasteiger partial charge in [-0.2, -0.15) is 15.2 Å². The Bertz CT molecular complexity index is 1940. The van der Waals surface area contributed by atoms with E-state index >= 15 is 4.39 Å². The van der Waals surface area contributed by atoms with E-state index in [-0.39, 0.29) is 66.1 Å². The third-order valence-electron chi connectivity index (χ3n) is 9.76. The fraction of sp³-hybridized carbons (Fsp3) is 0.452. The molecular weight excluding hydrogens is 629 g/mol. The van der Waals surface area contributed by atoms with E-state index in [1.807, 2.05) is 11.0 Å². The number of aliphatic hydroxyl groups is 1. The maximum Gasteiger partial charge on any atom is 0.319 e. The highest BCUT2D eigenvalue weighted by Gasteiger charge is 2.49. The first kappa shape index (κ1) is 28.9. The Balaban J connectivity index is 1.36. The first-order chi connectivity index (χ1) is 21.7. The molecule has 2 aromatic carbocycles. The van der Waals surface area contributed by atoms with E-state index in [9.17, 15) is 19.1 Å². The van der Waals surface area contributed by atoms with Crippen molar-refractivity contribution in [3.05, 3.63) is 34.4 Å². The van der Waals surface area contributed by atoms with Crippen LogP contribution in [0, 0.1) is 23.0 Å². The van der Waals surface area contributed by atoms with Gasteiger partial charge in [0.05, 0.1) is 32.3 Å². The number of anilines is 2. The fourth-order valence-corrected chi connectivity index (χ4v) is 9.00. The van der Waals surface area contributed by atoms with Crippen molar-refractivity contribution in [2.24, 2.45) is 0 Å². The molecule has 0 radical (unpaired) electrons. The number of nitrogens with two attached hydrogens (primary N) is 1. The number of fused-ring (bicyclic) bond motifs is 4. The van der Waals surface area contributed by atoms with Gasteiger partial charge in [0.25, 0.3) is 0 Å². The van der Waals surface area contributed by atoms with Gasteiger partial charge in [0.1, 0.15) is 41.0 Å². The predicted octanol–water partition coefficient (Wildman–Crippen LogP) is 5.92. The SMILES string of the molecule is N#Cc1c(N)sc2c(F)ccc(-c3c(Cl)c4c5c(nc(OC[C@@]67CCCN6C[C@H](F)C7)nc5c3F)N3CCCC[C@H]3[C@@H](O)O4)c12. The Labute approximate surface area is 264 Å². The quantitative estimate of drug-likeness (QED) is 0.276. The van der Waals surface area contributed by atoms with Gasteiger partial charge in [-0.3, -0.25) is 4.90 Å². The van der Waals surface area contributed by atoms with Gasteiger partial charge in [0, 0.05) is 30.5 Å². The summed E-state index contributed by atoms with van der Waals surface area (Å²) in [5, 5.41) is 21.3. The van der Waals surface area contributed by atoms with Crippen LogP contribution < -0.4 is 20.1 Å². The van der Waals surface area contributed by atoms with Crippen LogP contribution in [0.2, 0.25) is 5.02 Å². The smallest absolute Gasteiger partial charge is 0.319 e. The van der Waals surface area contributed by atoms with Crippen LogP contribution in [0.3, 0.4) is 0 Å². The largest absolute Gasteiger partial charge is 0.461 e. The normalized spacial score (nSPS) is 26.0. The van der Waals surface area contributed by atoms with E-state index in [1.165, 1.54) is 6.07 Å². The zero-order chi connectivity index (χ0) is 31.2. The molecule has 0 unspecified atom stereocenters. The molecule has 0 saturated carbocycles. The Morgan fingerprint density at radius 2 is 2.07 bits per heavy atom. The van der Waals surface area contributed by atoms with Crippen LogP contribution in [0.4, 0.5) is 24.0 Å². The standard InChI is InChI=1S/C31H28ClF3N6O3S/c32-22-20(15-5-6-17(34)26-19(15)16(11-36)27(37)45-26)23(35)24-21-25(22)44-29(42)18-4-1-2-9-41(18)28(21)39-30(38-24)43-13-31-7-3-8-40(31)12-14(33)10-31/h5-6,14,18,29,42H,1-4,7-10,12-13,37H2/t14-,18+,29+,31+/m1/s1. The lowest BCUT2D eigenvalue weighted by Gasteiger charge is -2.37. The van der Waals surface area contributed by atoms with Crippen LogP contribution in [-0.4, -0.2) is 70.3 Å². The van der Waals surface area contributed by atoms with Gasteiger partial charge in [-0.05, 0) is 50.3 Å². The van der Waals surface area contributed by atoms with Crippen LogP contribution >= 0.6 is 22.9 Å². The molecule has 0 amide bonds. The first-order valence-electron chi connectivity index (χ1n) is 15.0. The molecule has 4 aromatic rings. The summed E-state index contributed by atoms with van der Waals surface area (Å²) in [5.74, 6) is -1.18. The highest BCUT2D eigenvalue weighted by molar-refractivity contribution is 7.23. The van der Waals surface area contributed by atoms with E-state index in [0.29, 0.717) is 31.7 Å². The summed E-state index contributed by atoms with van der Waals surface area (Å²) in [7, 11) is 0. The number of alkyl halides is 1. The van der Waals surface area contributed by atoms with Crippen molar-refractivity contribution in [3.8, 4) is 29.0 Å². The molecule has 6 heterocycles. The summed E-state index contributed by atoms with van der Waals surface area (Å²) >= 11 is 7.83. The number of nitrogens with zero attached hydrogens (tertiary/aromatic N) is 5. The van der Waals surface area contributed by atoms with Gasteiger partial charge in [0.15, 0.2) is 11.6 Å². The van der Waals surface area contributed by atoms with Crippen molar-refractivity contribution < 1.29 is 27.8 Å². The first-order valence-corrected chi connectivity index (χ1v) is 16.2. The number of halogens is 4. The minimum Gasteiger partial charge on any atom is -0.461 e. The third kappa shape index (κ3) is 4.26. The van der Waals surface area contributed by atoms with Gasteiger partial charge in [-0.1, -0.05) is 17.7 Å². The van der Waals surface area contributed by atoms with Crippen molar-refractivity contribution in [1.29, 1.82) is 5.26 Å². The van der Waals surface area contributed by atoms with Crippen LogP contribution in [0.1, 0.15) is 44.1 Å². The lowest BCUT2D eigenvalue weighted by molar-refractivity contribution is -0.0404. The summed E-state index contributed by atoms with van der Waals surface area (Å²) in [6, 6.07) is 3.91. The second kappa shape index (κ2) is 10.5. The Kier molecular flexibility index (Phi) is 6.73. The average molecular weight is 657 g/mol. The maximum atomic E-state index is 17.0. The molecule has 2 aromatic heterocycles. The molecule has 234 valence electrons. The lowest BCUT2D eigenvalue weighted by atomic mass is 9.95. The molecule has 8 rings (SSSR count). The van der Waals surface area contributed by atoms with Crippen LogP contribution in [0.25, 0.3) is 32.1 Å². The van der Waals surface area contributed by atoms with Crippen molar-refractivity contribution in [2.45, 2.75) is 62.6 Å². The third-order valence-corrected chi connectivity index (χ3v) is 11.1. The Morgan fingerprint density at radius 3 is 2.89 bits per heavy atom. The maximum absolute atomic E-state index is 17.0. The molecule has 3 N–H and O–H groups in total. The number of thiophene rings is 1. The number of hydrogen-bond acceptors (Lipinski definition) is 10. The summed E-state index contributed by atoms with van der Waals surface area (Å²) < 4.78 is 58.8. The summed E-state index contributed by atoms with van der Waals surface area (Å²) in [6.45, 7) is 1.79. The van der Waals surface area contributed by atoms with E-state index in [0.717, 1.165) is 49.6 Å². The van der Waals surface area contributed by atoms with Crippen LogP contribution in [-0.2, 0) is 0 Å². The van der Waals surface area contributed by atoms with E-state index in [4.69, 9.17) is 31.8 Å². The fourth-order valence-electron chi connectivity index (χ4n) is 7.73. The molecular formula is C31H28ClF3N6O3S. The van der Waals surface area contributed by atoms with Gasteiger partial charge < -0.3 is 25.2 Å². The summed E-state index contributed by atoms with van der Waals surface area (Å²) in [5.41, 5.74) is 5.35. The number of piperidine rings is 1. The number of rotatable bonds is 4. The molecule has 14 heteroatoms. The highest BCUT2D eigenvalue weighted by atomic mass is 35.5. The van der Waals surface area contributed by atoms with Crippen molar-refractivity contribution >= 4 is 54.7 Å². The van der Waals surface area contributed by atoms with Crippen LogP contribution in [0.15, 0.2) is 12.1 Å². The van der Waals surface area contributed by atoms with Gasteiger partial charge >= 0.3 is 6.01 Å². The molecule has 4 aliphatic heterocycles. The number of aromatic nitrogens is 2. The average Bonchev–Trinajstić information content (AvgIpc) is 3.65. The predicted molar refractivity (Wildman–Crippen MR) is 165 cm³/mol. The van der Waals surface area contributed by atoms with E-state index in [1.54, 1.807) is 0 Å². The van der Waals surface area contributed by atoms with Crippen molar-refractivity contribution in [1.82, 2.24) is 14.9 Å². The molecule has 3 fully saturated rings. The number of nitrogen functional groups attached to an aromatic ring is 1. The molecule has 4 atom stereocenters. The van der Waals surface area contributed by atoms with E-state index in [2.05, 4.69) is 9.88 Å². The number of benzene rings is 2. The Morgan fingerprint density at radius 1 is 1.22 bits per heavy atom. The minimum atomic E-state index is -1.33. The number of ether oxygens (including phenoxy) is 2. The zero-order valence-electron chi connectivity index (χ0n) is 24.0. The number of hydrogen-bond donors (Lipinski definition) is 2. The second-order valence-corrected chi connectivity index (χ2v) is 13.7. The highest BCUT2D eigenvalue weighted by Crippen LogP contribution is 2.52. The van der Waals surface area contributed by atoms with Gasteiger partial charge in [-0.15, -0.1) is 11.3 Å². The van der Waals surface area contributed by atoms with Crippen molar-refractivity contribution in [2.75, 3.05) is 36.9 Å². The monoisotopic (exact) mass is 656 g/mol. The molecule has 9 nitrogen and oxygen atoms in total. The molecule has 4 aliphatic rings. The number of aliphatic hydroxyl groups excluding tert-OH is 1. The minimum absolute atomic E-state index is 0.000447.